The molecule has 2 aromatic rings. The molecule has 1 aromatic heterocycles. The molecule has 9 heteroatoms. The normalized spacial score (nSPS) is 10.6. The quantitative estimate of drug-likeness (QED) is 0.585. The van der Waals surface area contributed by atoms with E-state index in [1.54, 1.807) is 30.3 Å². The topological polar surface area (TPSA) is 127 Å². The highest BCUT2D eigenvalue weighted by molar-refractivity contribution is 5.74. The van der Waals surface area contributed by atoms with Gasteiger partial charge in [-0.05, 0) is 23.8 Å². The van der Waals surface area contributed by atoms with Gasteiger partial charge in [0.05, 0.1) is 31.3 Å². The fourth-order valence-corrected chi connectivity index (χ4v) is 2.53. The van der Waals surface area contributed by atoms with E-state index >= 15 is 0 Å². The maximum atomic E-state index is 12.1. The lowest BCUT2D eigenvalue weighted by Gasteiger charge is -2.08. The van der Waals surface area contributed by atoms with Crippen LogP contribution in [0.3, 0.4) is 0 Å². The molecule has 140 valence electrons. The van der Waals surface area contributed by atoms with Gasteiger partial charge in [0.15, 0.2) is 11.5 Å². The Morgan fingerprint density at radius 3 is 2.48 bits per heavy atom. The molecule has 0 unspecified atom stereocenters. The first kappa shape index (κ1) is 19.7. The molecule has 9 nitrogen and oxygen atoms in total. The Labute approximate surface area is 154 Å². The lowest BCUT2D eigenvalue weighted by molar-refractivity contribution is -0.386. The Bertz CT molecular complexity index is 988. The third-order valence-electron chi connectivity index (χ3n) is 3.75. The number of aromatic nitrogens is 1. The van der Waals surface area contributed by atoms with Crippen LogP contribution in [0.5, 0.6) is 11.5 Å². The summed E-state index contributed by atoms with van der Waals surface area (Å²) < 4.78 is 15.3. The van der Waals surface area contributed by atoms with Gasteiger partial charge in [0.2, 0.25) is 0 Å². The minimum absolute atomic E-state index is 0.0363. The molecule has 0 saturated heterocycles. The number of nitrogens with zero attached hydrogens (tertiary/aromatic N) is 2. The number of aromatic amines is 1. The first-order valence-corrected chi connectivity index (χ1v) is 7.69. The van der Waals surface area contributed by atoms with E-state index in [0.29, 0.717) is 17.1 Å². The standard InChI is InChI=1S/C18H17N3O6/c1-25-10-13-12(9-19)18(22)20-14(17(13)21(23)24)6-4-11-5-7-15(26-2)16(8-11)27-3/h4-8H,10H2,1-3H3,(H,20,22)/b6-4+. The number of nitriles is 1. The van der Waals surface area contributed by atoms with Gasteiger partial charge in [-0.2, -0.15) is 5.26 Å². The van der Waals surface area contributed by atoms with Crippen LogP contribution in [-0.4, -0.2) is 31.2 Å². The van der Waals surface area contributed by atoms with Crippen molar-refractivity contribution in [3.05, 3.63) is 61.1 Å². The van der Waals surface area contributed by atoms with Crippen molar-refractivity contribution in [2.75, 3.05) is 21.3 Å². The van der Waals surface area contributed by atoms with Crippen LogP contribution in [0.2, 0.25) is 0 Å². The molecular formula is C18H17N3O6. The molecule has 0 radical (unpaired) electrons. The summed E-state index contributed by atoms with van der Waals surface area (Å²) in [6.45, 7) is -0.236. The van der Waals surface area contributed by atoms with Crippen molar-refractivity contribution in [2.45, 2.75) is 6.61 Å². The highest BCUT2D eigenvalue weighted by Crippen LogP contribution is 2.29. The van der Waals surface area contributed by atoms with E-state index in [1.807, 2.05) is 0 Å². The summed E-state index contributed by atoms with van der Waals surface area (Å²) in [5.74, 6) is 1.03. The second kappa shape index (κ2) is 8.64. The smallest absolute Gasteiger partial charge is 0.299 e. The SMILES string of the molecule is COCc1c([N+](=O)[O-])c(/C=C/c2ccc(OC)c(OC)c2)[nH]c(=O)c1C#N. The lowest BCUT2D eigenvalue weighted by atomic mass is 10.1. The summed E-state index contributed by atoms with van der Waals surface area (Å²) in [4.78, 5) is 25.4. The lowest BCUT2D eigenvalue weighted by Crippen LogP contribution is -2.18. The zero-order chi connectivity index (χ0) is 20.0. The van der Waals surface area contributed by atoms with E-state index in [0.717, 1.165) is 0 Å². The number of hydrogen-bond donors (Lipinski definition) is 1. The van der Waals surface area contributed by atoms with Crippen molar-refractivity contribution in [1.29, 1.82) is 5.26 Å². The molecule has 0 aliphatic heterocycles. The van der Waals surface area contributed by atoms with Crippen molar-refractivity contribution in [2.24, 2.45) is 0 Å². The van der Waals surface area contributed by atoms with Crippen molar-refractivity contribution >= 4 is 17.8 Å². The van der Waals surface area contributed by atoms with Gasteiger partial charge in [0, 0.05) is 7.11 Å². The van der Waals surface area contributed by atoms with Crippen LogP contribution in [0.25, 0.3) is 12.2 Å². The zero-order valence-corrected chi connectivity index (χ0v) is 14.9. The Hall–Kier alpha value is -3.64. The number of benzene rings is 1. The molecule has 0 aliphatic carbocycles. The second-order valence-electron chi connectivity index (χ2n) is 5.32. The van der Waals surface area contributed by atoms with Gasteiger partial charge < -0.3 is 19.2 Å². The van der Waals surface area contributed by atoms with E-state index in [1.165, 1.54) is 27.4 Å². The van der Waals surface area contributed by atoms with Gasteiger partial charge in [-0.15, -0.1) is 0 Å². The summed E-state index contributed by atoms with van der Waals surface area (Å²) in [6.07, 6.45) is 2.96. The molecule has 1 N–H and O–H groups in total. The first-order chi connectivity index (χ1) is 13.0. The largest absolute Gasteiger partial charge is 0.493 e. The number of rotatable bonds is 7. The predicted octanol–water partition coefficient (Wildman–Crippen LogP) is 2.49. The van der Waals surface area contributed by atoms with Crippen molar-refractivity contribution < 1.29 is 19.1 Å². The van der Waals surface area contributed by atoms with Gasteiger partial charge in [-0.1, -0.05) is 12.1 Å². The van der Waals surface area contributed by atoms with Crippen molar-refractivity contribution in [3.8, 4) is 17.6 Å². The van der Waals surface area contributed by atoms with Gasteiger partial charge in [0.1, 0.15) is 17.3 Å². The van der Waals surface area contributed by atoms with E-state index < -0.39 is 10.5 Å². The number of nitro groups is 1. The van der Waals surface area contributed by atoms with E-state index in [-0.39, 0.29) is 29.1 Å². The van der Waals surface area contributed by atoms with Crippen LogP contribution >= 0.6 is 0 Å². The minimum Gasteiger partial charge on any atom is -0.493 e. The van der Waals surface area contributed by atoms with Crippen LogP contribution in [-0.2, 0) is 11.3 Å². The Balaban J connectivity index is 2.59. The molecule has 0 saturated carbocycles. The van der Waals surface area contributed by atoms with E-state index in [2.05, 4.69) is 4.98 Å². The minimum atomic E-state index is -0.720. The zero-order valence-electron chi connectivity index (χ0n) is 14.9. The maximum Gasteiger partial charge on any atom is 0.299 e. The fourth-order valence-electron chi connectivity index (χ4n) is 2.53. The second-order valence-corrected chi connectivity index (χ2v) is 5.32. The Morgan fingerprint density at radius 1 is 1.22 bits per heavy atom. The molecule has 0 atom stereocenters. The van der Waals surface area contributed by atoms with Crippen LogP contribution in [0.1, 0.15) is 22.4 Å². The fraction of sp³-hybridized carbons (Fsp3) is 0.222. The maximum absolute atomic E-state index is 12.1. The number of hydrogen-bond acceptors (Lipinski definition) is 7. The van der Waals surface area contributed by atoms with Gasteiger partial charge in [0.25, 0.3) is 11.2 Å². The van der Waals surface area contributed by atoms with Gasteiger partial charge in [-0.3, -0.25) is 14.9 Å². The summed E-state index contributed by atoms with van der Waals surface area (Å²) in [6, 6.07) is 6.78. The molecule has 27 heavy (non-hydrogen) atoms. The summed E-state index contributed by atoms with van der Waals surface area (Å²) in [5, 5.41) is 20.7. The molecular weight excluding hydrogens is 354 g/mol. The highest BCUT2D eigenvalue weighted by atomic mass is 16.6. The van der Waals surface area contributed by atoms with Gasteiger partial charge >= 0.3 is 0 Å². The summed E-state index contributed by atoms with van der Waals surface area (Å²) in [7, 11) is 4.33. The summed E-state index contributed by atoms with van der Waals surface area (Å²) in [5.41, 5.74) is -0.884. The van der Waals surface area contributed by atoms with Crippen LogP contribution < -0.4 is 15.0 Å². The first-order valence-electron chi connectivity index (χ1n) is 7.69. The molecule has 0 bridgehead atoms. The van der Waals surface area contributed by atoms with Crippen LogP contribution in [0.15, 0.2) is 23.0 Å². The molecule has 1 aromatic carbocycles. The molecule has 0 fully saturated rings. The van der Waals surface area contributed by atoms with Crippen molar-refractivity contribution in [3.63, 3.8) is 0 Å². The third-order valence-corrected chi connectivity index (χ3v) is 3.75. The monoisotopic (exact) mass is 371 g/mol. The molecule has 1 heterocycles. The average Bonchev–Trinajstić information content (AvgIpc) is 2.65. The number of methoxy groups -OCH3 is 3. The van der Waals surface area contributed by atoms with E-state index in [9.17, 15) is 14.9 Å². The van der Waals surface area contributed by atoms with Crippen molar-refractivity contribution in [1.82, 2.24) is 4.98 Å². The number of H-pyrrole nitrogens is 1. The number of ether oxygens (including phenoxy) is 3. The predicted molar refractivity (Wildman–Crippen MR) is 97.6 cm³/mol. The molecule has 0 aliphatic rings. The van der Waals surface area contributed by atoms with Crippen LogP contribution in [0, 0.1) is 21.4 Å². The Morgan fingerprint density at radius 2 is 1.93 bits per heavy atom. The van der Waals surface area contributed by atoms with Crippen LogP contribution in [0.4, 0.5) is 5.69 Å². The number of nitrogens with one attached hydrogen (secondary N) is 1. The van der Waals surface area contributed by atoms with Gasteiger partial charge in [-0.25, -0.2) is 0 Å². The molecule has 0 spiro atoms. The van der Waals surface area contributed by atoms with E-state index in [4.69, 9.17) is 19.5 Å². The molecule has 0 amide bonds. The average molecular weight is 371 g/mol. The highest BCUT2D eigenvalue weighted by Gasteiger charge is 2.25. The third kappa shape index (κ3) is 4.13. The summed E-state index contributed by atoms with van der Waals surface area (Å²) >= 11 is 0. The molecule has 2 rings (SSSR count). The number of pyridine rings is 1. The Kier molecular flexibility index (Phi) is 6.30.